The van der Waals surface area contributed by atoms with Crippen LogP contribution >= 0.6 is 15.9 Å². The molecule has 0 aliphatic rings. The first-order valence-corrected chi connectivity index (χ1v) is 5.00. The lowest BCUT2D eigenvalue weighted by Crippen LogP contribution is -2.00. The maximum atomic E-state index is 10.9. The van der Waals surface area contributed by atoms with Crippen molar-refractivity contribution in [2.45, 2.75) is 12.8 Å². The second-order valence-electron chi connectivity index (χ2n) is 2.46. The van der Waals surface area contributed by atoms with Crippen LogP contribution in [0.25, 0.3) is 0 Å². The van der Waals surface area contributed by atoms with Crippen molar-refractivity contribution in [1.29, 1.82) is 0 Å². The van der Waals surface area contributed by atoms with Crippen LogP contribution in [0.2, 0.25) is 0 Å². The summed E-state index contributed by atoms with van der Waals surface area (Å²) in [5.74, 6) is 0.244. The van der Waals surface area contributed by atoms with Gasteiger partial charge in [-0.15, -0.1) is 0 Å². The number of rotatable bonds is 4. The number of aryl methyl sites for hydroxylation is 1. The zero-order valence-electron chi connectivity index (χ0n) is 7.25. The van der Waals surface area contributed by atoms with Gasteiger partial charge in [0.2, 0.25) is 0 Å². The molecule has 13 heavy (non-hydrogen) atoms. The summed E-state index contributed by atoms with van der Waals surface area (Å²) < 4.78 is 9.40. The van der Waals surface area contributed by atoms with Gasteiger partial charge in [-0.25, -0.2) is 4.79 Å². The Hall–Kier alpha value is -0.840. The van der Waals surface area contributed by atoms with Crippen LogP contribution in [0, 0.1) is 0 Å². The Kier molecular flexibility index (Phi) is 3.95. The lowest BCUT2D eigenvalue weighted by Gasteiger charge is -1.89. The number of methoxy groups -OCH3 is 1. The van der Waals surface area contributed by atoms with Crippen LogP contribution < -0.4 is 0 Å². The molecule has 0 bridgehead atoms. The molecule has 0 aromatic carbocycles. The number of carbonyl (C=O) groups is 1. The van der Waals surface area contributed by atoms with Gasteiger partial charge in [-0.05, 0) is 6.42 Å². The summed E-state index contributed by atoms with van der Waals surface area (Å²) in [7, 11) is 1.31. The average Bonchev–Trinajstić information content (AvgIpc) is 2.62. The topological polar surface area (TPSA) is 52.3 Å². The Bertz CT molecular complexity index is 285. The molecule has 0 saturated heterocycles. The molecule has 1 heterocycles. The summed E-state index contributed by atoms with van der Waals surface area (Å²) in [5.41, 5.74) is 0.229. The van der Waals surface area contributed by atoms with Crippen molar-refractivity contribution in [2.75, 3.05) is 12.4 Å². The van der Waals surface area contributed by atoms with Gasteiger partial charge in [-0.1, -0.05) is 21.1 Å². The molecular formula is C8H10BrNO3. The largest absolute Gasteiger partial charge is 0.464 e. The highest BCUT2D eigenvalue weighted by Gasteiger charge is 2.11. The van der Waals surface area contributed by atoms with E-state index in [9.17, 15) is 4.79 Å². The summed E-state index contributed by atoms with van der Waals surface area (Å²) >= 11 is 3.30. The molecule has 1 aromatic rings. The Labute approximate surface area is 84.4 Å². The highest BCUT2D eigenvalue weighted by atomic mass is 79.9. The summed E-state index contributed by atoms with van der Waals surface area (Å²) in [6, 6.07) is 1.61. The van der Waals surface area contributed by atoms with Crippen LogP contribution in [0.1, 0.15) is 22.7 Å². The number of aromatic nitrogens is 1. The third kappa shape index (κ3) is 2.84. The third-order valence-electron chi connectivity index (χ3n) is 1.51. The molecule has 4 nitrogen and oxygen atoms in total. The van der Waals surface area contributed by atoms with Crippen molar-refractivity contribution in [3.05, 3.63) is 17.5 Å². The fourth-order valence-electron chi connectivity index (χ4n) is 0.873. The summed E-state index contributed by atoms with van der Waals surface area (Å²) in [5, 5.41) is 4.48. The van der Waals surface area contributed by atoms with Crippen LogP contribution in [0.15, 0.2) is 10.6 Å². The minimum atomic E-state index is -0.464. The smallest absolute Gasteiger partial charge is 0.360 e. The van der Waals surface area contributed by atoms with Crippen molar-refractivity contribution in [3.8, 4) is 0 Å². The standard InChI is InChI=1S/C8H10BrNO3/c1-12-8(11)7-5-6(13-10-7)3-2-4-9/h5H,2-4H2,1H3. The number of ether oxygens (including phenoxy) is 1. The quantitative estimate of drug-likeness (QED) is 0.602. The Balaban J connectivity index is 2.58. The number of carbonyl (C=O) groups excluding carboxylic acids is 1. The minimum absolute atomic E-state index is 0.229. The van der Waals surface area contributed by atoms with E-state index in [2.05, 4.69) is 25.8 Å². The van der Waals surface area contributed by atoms with Crippen molar-refractivity contribution in [3.63, 3.8) is 0 Å². The molecule has 0 N–H and O–H groups in total. The van der Waals surface area contributed by atoms with E-state index in [4.69, 9.17) is 4.52 Å². The lowest BCUT2D eigenvalue weighted by molar-refractivity contribution is 0.0589. The van der Waals surface area contributed by atoms with E-state index in [0.29, 0.717) is 5.76 Å². The zero-order valence-corrected chi connectivity index (χ0v) is 8.83. The van der Waals surface area contributed by atoms with Crippen LogP contribution in [0.5, 0.6) is 0 Å². The average molecular weight is 248 g/mol. The molecule has 0 aliphatic heterocycles. The van der Waals surface area contributed by atoms with Gasteiger partial charge in [0.05, 0.1) is 7.11 Å². The monoisotopic (exact) mass is 247 g/mol. The summed E-state index contributed by atoms with van der Waals surface area (Å²) in [6.45, 7) is 0. The predicted molar refractivity (Wildman–Crippen MR) is 50.0 cm³/mol. The molecule has 1 rings (SSSR count). The number of hydrogen-bond acceptors (Lipinski definition) is 4. The van der Waals surface area contributed by atoms with E-state index in [1.54, 1.807) is 6.07 Å². The van der Waals surface area contributed by atoms with Gasteiger partial charge >= 0.3 is 5.97 Å². The maximum absolute atomic E-state index is 10.9. The van der Waals surface area contributed by atoms with Gasteiger partial charge in [-0.3, -0.25) is 0 Å². The first kappa shape index (κ1) is 10.2. The van der Waals surface area contributed by atoms with Crippen molar-refractivity contribution in [2.24, 2.45) is 0 Å². The Morgan fingerprint density at radius 2 is 2.54 bits per heavy atom. The molecule has 0 fully saturated rings. The second-order valence-corrected chi connectivity index (χ2v) is 3.26. The van der Waals surface area contributed by atoms with Gasteiger partial charge in [0.15, 0.2) is 5.69 Å². The lowest BCUT2D eigenvalue weighted by atomic mass is 10.2. The highest BCUT2D eigenvalue weighted by Crippen LogP contribution is 2.07. The van der Waals surface area contributed by atoms with Crippen molar-refractivity contribution < 1.29 is 14.1 Å². The molecule has 0 atom stereocenters. The Morgan fingerprint density at radius 3 is 3.15 bits per heavy atom. The molecule has 0 amide bonds. The summed E-state index contributed by atoms with van der Waals surface area (Å²) in [6.07, 6.45) is 1.73. The molecule has 0 spiro atoms. The van der Waals surface area contributed by atoms with E-state index < -0.39 is 5.97 Å². The zero-order chi connectivity index (χ0) is 9.68. The predicted octanol–water partition coefficient (Wildman–Crippen LogP) is 1.79. The van der Waals surface area contributed by atoms with Crippen LogP contribution in [0.4, 0.5) is 0 Å². The van der Waals surface area contributed by atoms with Crippen molar-refractivity contribution in [1.82, 2.24) is 5.16 Å². The maximum Gasteiger partial charge on any atom is 0.360 e. The van der Waals surface area contributed by atoms with Gasteiger partial charge in [0, 0.05) is 17.8 Å². The fourth-order valence-corrected chi connectivity index (χ4v) is 1.15. The number of hydrogen-bond donors (Lipinski definition) is 0. The normalized spacial score (nSPS) is 10.0. The number of nitrogens with zero attached hydrogens (tertiary/aromatic N) is 1. The van der Waals surface area contributed by atoms with Gasteiger partial charge in [0.1, 0.15) is 5.76 Å². The van der Waals surface area contributed by atoms with E-state index in [1.165, 1.54) is 7.11 Å². The molecule has 0 unspecified atom stereocenters. The molecule has 0 saturated carbocycles. The van der Waals surface area contributed by atoms with Crippen LogP contribution in [-0.4, -0.2) is 23.6 Å². The molecule has 5 heteroatoms. The van der Waals surface area contributed by atoms with Crippen molar-refractivity contribution >= 4 is 21.9 Å². The van der Waals surface area contributed by atoms with E-state index in [0.717, 1.165) is 18.2 Å². The first-order valence-electron chi connectivity index (χ1n) is 3.87. The number of halogens is 1. The van der Waals surface area contributed by atoms with Crippen LogP contribution in [-0.2, 0) is 11.2 Å². The van der Waals surface area contributed by atoms with E-state index in [1.807, 2.05) is 0 Å². The van der Waals surface area contributed by atoms with Gasteiger partial charge < -0.3 is 9.26 Å². The summed E-state index contributed by atoms with van der Waals surface area (Å²) in [4.78, 5) is 10.9. The second kappa shape index (κ2) is 5.01. The van der Waals surface area contributed by atoms with E-state index >= 15 is 0 Å². The van der Waals surface area contributed by atoms with Crippen LogP contribution in [0.3, 0.4) is 0 Å². The number of esters is 1. The number of alkyl halides is 1. The van der Waals surface area contributed by atoms with Gasteiger partial charge in [0.25, 0.3) is 0 Å². The molecule has 0 radical (unpaired) electrons. The SMILES string of the molecule is COC(=O)c1cc(CCCBr)on1. The van der Waals surface area contributed by atoms with Gasteiger partial charge in [-0.2, -0.15) is 0 Å². The fraction of sp³-hybridized carbons (Fsp3) is 0.500. The molecule has 72 valence electrons. The third-order valence-corrected chi connectivity index (χ3v) is 2.07. The molecule has 0 aliphatic carbocycles. The Morgan fingerprint density at radius 1 is 1.77 bits per heavy atom. The minimum Gasteiger partial charge on any atom is -0.464 e. The molecular weight excluding hydrogens is 238 g/mol. The first-order chi connectivity index (χ1) is 6.27. The molecule has 1 aromatic heterocycles. The van der Waals surface area contributed by atoms with E-state index in [-0.39, 0.29) is 5.69 Å². The highest BCUT2D eigenvalue weighted by molar-refractivity contribution is 9.09.